The van der Waals surface area contributed by atoms with Crippen LogP contribution in [0, 0.1) is 0 Å². The third-order valence-electron chi connectivity index (χ3n) is 5.28. The highest BCUT2D eigenvalue weighted by Crippen LogP contribution is 2.24. The number of benzene rings is 1. The van der Waals surface area contributed by atoms with E-state index >= 15 is 0 Å². The summed E-state index contributed by atoms with van der Waals surface area (Å²) in [6.07, 6.45) is 8.45. The van der Waals surface area contributed by atoms with E-state index in [1.807, 2.05) is 24.3 Å². The summed E-state index contributed by atoms with van der Waals surface area (Å²) in [6.45, 7) is 1.51. The molecule has 2 amide bonds. The fourth-order valence-corrected chi connectivity index (χ4v) is 3.82. The number of carbonyl (C=O) groups is 2. The molecule has 1 aromatic carbocycles. The monoisotopic (exact) mass is 435 g/mol. The summed E-state index contributed by atoms with van der Waals surface area (Å²) >= 11 is 0. The molecule has 32 heavy (non-hydrogen) atoms. The molecule has 1 fully saturated rings. The summed E-state index contributed by atoms with van der Waals surface area (Å²) in [5.74, 6) is -0.0718. The van der Waals surface area contributed by atoms with Crippen molar-refractivity contribution in [1.82, 2.24) is 30.3 Å². The van der Waals surface area contributed by atoms with Crippen molar-refractivity contribution in [1.29, 1.82) is 0 Å². The van der Waals surface area contributed by atoms with Gasteiger partial charge in [-0.1, -0.05) is 18.9 Å². The van der Waals surface area contributed by atoms with Crippen molar-refractivity contribution in [3.05, 3.63) is 48.4 Å². The Morgan fingerprint density at radius 3 is 2.59 bits per heavy atom. The largest absolute Gasteiger partial charge is 0.365 e. The lowest BCUT2D eigenvalue weighted by Crippen LogP contribution is -2.48. The molecule has 2 heterocycles. The van der Waals surface area contributed by atoms with Crippen molar-refractivity contribution >= 4 is 29.3 Å². The van der Waals surface area contributed by atoms with Crippen LogP contribution in [0.5, 0.6) is 0 Å². The molecule has 0 radical (unpaired) electrons. The van der Waals surface area contributed by atoms with Crippen LogP contribution in [0.3, 0.4) is 0 Å². The van der Waals surface area contributed by atoms with Gasteiger partial charge in [-0.25, -0.2) is 4.98 Å². The molecule has 166 valence electrons. The van der Waals surface area contributed by atoms with Gasteiger partial charge in [0.2, 0.25) is 11.9 Å². The first-order valence-electron chi connectivity index (χ1n) is 10.4. The minimum absolute atomic E-state index is 0.00433. The number of nitrogens with zero attached hydrogens (tertiary/aromatic N) is 5. The number of nitrogens with one attached hydrogen (secondary N) is 3. The van der Waals surface area contributed by atoms with Gasteiger partial charge in [-0.2, -0.15) is 20.0 Å². The Balaban J connectivity index is 1.58. The van der Waals surface area contributed by atoms with Gasteiger partial charge in [-0.05, 0) is 31.0 Å². The molecule has 3 aromatic rings. The second-order valence-electron chi connectivity index (χ2n) is 7.66. The zero-order valence-corrected chi connectivity index (χ0v) is 17.7. The highest BCUT2D eigenvalue weighted by molar-refractivity contribution is 5.98. The molecule has 0 unspecified atom stereocenters. The molecule has 0 saturated heterocycles. The summed E-state index contributed by atoms with van der Waals surface area (Å²) in [7, 11) is 0. The highest BCUT2D eigenvalue weighted by Gasteiger charge is 2.26. The molecule has 11 nitrogen and oxygen atoms in total. The highest BCUT2D eigenvalue weighted by atomic mass is 16.1. The zero-order chi connectivity index (χ0) is 22.5. The smallest absolute Gasteiger partial charge is 0.254 e. The quantitative estimate of drug-likeness (QED) is 0.438. The fourth-order valence-electron chi connectivity index (χ4n) is 3.82. The molecule has 5 N–H and O–H groups in total. The predicted octanol–water partition coefficient (Wildman–Crippen LogP) is 1.76. The molecule has 1 saturated carbocycles. The number of primary amides is 1. The van der Waals surface area contributed by atoms with Crippen LogP contribution in [0.1, 0.15) is 43.0 Å². The van der Waals surface area contributed by atoms with E-state index in [2.05, 4.69) is 36.1 Å². The summed E-state index contributed by atoms with van der Waals surface area (Å²) in [5, 5.41) is 17.7. The minimum Gasteiger partial charge on any atom is -0.365 e. The maximum atomic E-state index is 12.0. The average Bonchev–Trinajstić information content (AvgIpc) is 3.30. The Kier molecular flexibility index (Phi) is 6.24. The molecular formula is C21H25N9O2. The fraction of sp³-hybridized carbons (Fsp3) is 0.333. The first kappa shape index (κ1) is 21.2. The number of carbonyl (C=O) groups excluding carboxylic acids is 2. The van der Waals surface area contributed by atoms with Crippen molar-refractivity contribution in [2.75, 3.05) is 10.6 Å². The lowest BCUT2D eigenvalue weighted by atomic mass is 9.90. The van der Waals surface area contributed by atoms with E-state index in [1.54, 1.807) is 12.4 Å². The third-order valence-corrected chi connectivity index (χ3v) is 5.28. The van der Waals surface area contributed by atoms with Crippen molar-refractivity contribution < 1.29 is 9.59 Å². The van der Waals surface area contributed by atoms with Crippen LogP contribution in [0.2, 0.25) is 0 Å². The maximum absolute atomic E-state index is 12.0. The van der Waals surface area contributed by atoms with E-state index in [1.165, 1.54) is 17.9 Å². The van der Waals surface area contributed by atoms with Gasteiger partial charge in [0.1, 0.15) is 11.4 Å². The van der Waals surface area contributed by atoms with Crippen molar-refractivity contribution in [2.45, 2.75) is 44.7 Å². The van der Waals surface area contributed by atoms with Crippen molar-refractivity contribution in [2.24, 2.45) is 5.73 Å². The molecule has 2 aromatic heterocycles. The number of anilines is 3. The Bertz CT molecular complexity index is 1100. The van der Waals surface area contributed by atoms with Crippen LogP contribution in [-0.2, 0) is 4.79 Å². The van der Waals surface area contributed by atoms with E-state index in [4.69, 9.17) is 5.73 Å². The Labute approximate surface area is 184 Å². The topological polar surface area (TPSA) is 153 Å². The van der Waals surface area contributed by atoms with Crippen LogP contribution in [0.25, 0.3) is 5.69 Å². The van der Waals surface area contributed by atoms with Crippen LogP contribution in [0.4, 0.5) is 17.5 Å². The Morgan fingerprint density at radius 1 is 1.12 bits per heavy atom. The third kappa shape index (κ3) is 4.99. The van der Waals surface area contributed by atoms with Crippen LogP contribution in [0.15, 0.2) is 42.9 Å². The number of rotatable bonds is 7. The van der Waals surface area contributed by atoms with Crippen molar-refractivity contribution in [3.8, 4) is 5.69 Å². The second-order valence-corrected chi connectivity index (χ2v) is 7.66. The van der Waals surface area contributed by atoms with Gasteiger partial charge < -0.3 is 21.7 Å². The molecule has 0 spiro atoms. The van der Waals surface area contributed by atoms with Gasteiger partial charge in [-0.15, -0.1) is 0 Å². The minimum atomic E-state index is -0.641. The SMILES string of the molecule is CC(=O)N[C@H]1CCCC[C@H]1Nc1ncc(C(N)=O)c(Nc2cccc(-n3nccn3)c2)n1. The summed E-state index contributed by atoms with van der Waals surface area (Å²) in [4.78, 5) is 33.8. The summed E-state index contributed by atoms with van der Waals surface area (Å²) < 4.78 is 0. The number of hydrogen-bond donors (Lipinski definition) is 4. The number of nitrogens with two attached hydrogens (primary N) is 1. The van der Waals surface area contributed by atoms with E-state index in [0.29, 0.717) is 11.6 Å². The molecular weight excluding hydrogens is 410 g/mol. The second kappa shape index (κ2) is 9.41. The van der Waals surface area contributed by atoms with Gasteiger partial charge in [0, 0.05) is 30.9 Å². The Morgan fingerprint density at radius 2 is 1.88 bits per heavy atom. The van der Waals surface area contributed by atoms with E-state index in [-0.39, 0.29) is 29.4 Å². The van der Waals surface area contributed by atoms with Gasteiger partial charge in [0.15, 0.2) is 0 Å². The van der Waals surface area contributed by atoms with E-state index in [0.717, 1.165) is 31.4 Å². The lowest BCUT2D eigenvalue weighted by Gasteiger charge is -2.32. The molecule has 11 heteroatoms. The van der Waals surface area contributed by atoms with E-state index < -0.39 is 5.91 Å². The molecule has 0 bridgehead atoms. The number of amides is 2. The van der Waals surface area contributed by atoms with Crippen LogP contribution >= 0.6 is 0 Å². The van der Waals surface area contributed by atoms with Gasteiger partial charge in [0.25, 0.3) is 5.91 Å². The normalized spacial score (nSPS) is 18.0. The number of hydrogen-bond acceptors (Lipinski definition) is 8. The predicted molar refractivity (Wildman–Crippen MR) is 119 cm³/mol. The summed E-state index contributed by atoms with van der Waals surface area (Å²) in [5.41, 5.74) is 7.13. The zero-order valence-electron chi connectivity index (χ0n) is 17.7. The summed E-state index contributed by atoms with van der Waals surface area (Å²) in [6, 6.07) is 7.35. The van der Waals surface area contributed by atoms with Gasteiger partial charge in [-0.3, -0.25) is 9.59 Å². The molecule has 1 aliphatic carbocycles. The number of aromatic nitrogens is 5. The van der Waals surface area contributed by atoms with Crippen LogP contribution in [-0.4, -0.2) is 48.9 Å². The first-order chi connectivity index (χ1) is 15.5. The van der Waals surface area contributed by atoms with Crippen LogP contribution < -0.4 is 21.7 Å². The maximum Gasteiger partial charge on any atom is 0.254 e. The average molecular weight is 435 g/mol. The van der Waals surface area contributed by atoms with Gasteiger partial charge >= 0.3 is 0 Å². The van der Waals surface area contributed by atoms with E-state index in [9.17, 15) is 9.59 Å². The molecule has 2 atom stereocenters. The lowest BCUT2D eigenvalue weighted by molar-refractivity contribution is -0.119. The Hall–Kier alpha value is -4.02. The van der Waals surface area contributed by atoms with Gasteiger partial charge in [0.05, 0.1) is 18.1 Å². The molecule has 0 aliphatic heterocycles. The van der Waals surface area contributed by atoms with Crippen molar-refractivity contribution in [3.63, 3.8) is 0 Å². The molecule has 4 rings (SSSR count). The standard InChI is InChI=1S/C21H25N9O2/c1-13(31)26-17-7-2-3-8-18(17)28-21-23-12-16(19(22)32)20(29-21)27-14-5-4-6-15(11-14)30-24-9-10-25-30/h4-6,9-12,17-18H,2-3,7-8H2,1H3,(H2,22,32)(H,26,31)(H2,23,27,28,29)/t17-,18+/m0/s1. The molecule has 1 aliphatic rings. The first-order valence-corrected chi connectivity index (χ1v) is 10.4.